The second-order valence-corrected chi connectivity index (χ2v) is 2.89. The van der Waals surface area contributed by atoms with Crippen LogP contribution in [-0.4, -0.2) is 38.1 Å². The van der Waals surface area contributed by atoms with Gasteiger partial charge in [-0.2, -0.15) is 5.10 Å². The van der Waals surface area contributed by atoms with Crippen LogP contribution in [-0.2, 0) is 7.05 Å². The third-order valence-electron chi connectivity index (χ3n) is 1.97. The van der Waals surface area contributed by atoms with Crippen molar-refractivity contribution in [2.45, 2.75) is 0 Å². The molecule has 0 aliphatic rings. The summed E-state index contributed by atoms with van der Waals surface area (Å²) in [5.41, 5.74) is 0.0453. The van der Waals surface area contributed by atoms with Crippen molar-refractivity contribution in [3.8, 4) is 0 Å². The van der Waals surface area contributed by atoms with E-state index in [9.17, 15) is 9.59 Å². The van der Waals surface area contributed by atoms with Crippen LogP contribution in [0.1, 0.15) is 10.5 Å². The van der Waals surface area contributed by atoms with Gasteiger partial charge in [-0.1, -0.05) is 5.21 Å². The monoisotopic (exact) mass is 208 g/mol. The number of aromatic nitrogens is 5. The summed E-state index contributed by atoms with van der Waals surface area (Å²) < 4.78 is 1.06. The molecule has 2 N–H and O–H groups in total. The van der Waals surface area contributed by atoms with Crippen LogP contribution >= 0.6 is 0 Å². The summed E-state index contributed by atoms with van der Waals surface area (Å²) in [6.07, 6.45) is 0. The lowest BCUT2D eigenvalue weighted by Crippen LogP contribution is -2.22. The molecule has 2 aromatic rings. The van der Waals surface area contributed by atoms with Gasteiger partial charge in [0.2, 0.25) is 0 Å². The van der Waals surface area contributed by atoms with Gasteiger partial charge >= 0.3 is 0 Å². The molecule has 1 amide bonds. The predicted octanol–water partition coefficient (Wildman–Crippen LogP) is -1.59. The zero-order valence-electron chi connectivity index (χ0n) is 8.11. The number of hydrogen-bond donors (Lipinski definition) is 2. The van der Waals surface area contributed by atoms with Crippen molar-refractivity contribution >= 4 is 16.9 Å². The second kappa shape index (κ2) is 3.15. The Labute approximate surface area is 83.3 Å². The molecule has 0 saturated heterocycles. The van der Waals surface area contributed by atoms with Crippen LogP contribution in [0, 0.1) is 0 Å². The van der Waals surface area contributed by atoms with E-state index in [1.807, 2.05) is 0 Å². The van der Waals surface area contributed by atoms with E-state index in [0.717, 1.165) is 4.68 Å². The molecular formula is C7H8N6O2. The lowest BCUT2D eigenvalue weighted by molar-refractivity contribution is 0.0959. The molecule has 0 aromatic carbocycles. The highest BCUT2D eigenvalue weighted by molar-refractivity contribution is 6.02. The first kappa shape index (κ1) is 9.31. The molecule has 0 aliphatic carbocycles. The van der Waals surface area contributed by atoms with Gasteiger partial charge in [0, 0.05) is 14.1 Å². The number of rotatable bonds is 1. The summed E-state index contributed by atoms with van der Waals surface area (Å²) in [6, 6.07) is 0. The fourth-order valence-corrected chi connectivity index (χ4v) is 1.17. The number of carbonyl (C=O) groups is 1. The number of amides is 1. The maximum atomic E-state index is 11.5. The zero-order chi connectivity index (χ0) is 11.0. The predicted molar refractivity (Wildman–Crippen MR) is 50.3 cm³/mol. The van der Waals surface area contributed by atoms with Crippen LogP contribution < -0.4 is 10.9 Å². The van der Waals surface area contributed by atoms with E-state index in [2.05, 4.69) is 25.8 Å². The van der Waals surface area contributed by atoms with Gasteiger partial charge in [0.1, 0.15) is 0 Å². The number of carbonyl (C=O) groups excluding carboxylic acids is 1. The number of nitrogens with zero attached hydrogens (tertiary/aromatic N) is 4. The maximum Gasteiger partial charge on any atom is 0.295 e. The molecule has 0 bridgehead atoms. The fraction of sp³-hybridized carbons (Fsp3) is 0.286. The van der Waals surface area contributed by atoms with Crippen LogP contribution in [0.5, 0.6) is 0 Å². The smallest absolute Gasteiger partial charge is 0.295 e. The minimum atomic E-state index is -0.413. The normalized spacial score (nSPS) is 10.5. The number of aromatic amines is 1. The first-order chi connectivity index (χ1) is 7.15. The highest BCUT2D eigenvalue weighted by Crippen LogP contribution is 2.06. The molecule has 2 aromatic heterocycles. The molecule has 0 unspecified atom stereocenters. The summed E-state index contributed by atoms with van der Waals surface area (Å²) in [5, 5.41) is 15.9. The Morgan fingerprint density at radius 2 is 2.27 bits per heavy atom. The number of fused-ring (bicyclic) bond motifs is 1. The van der Waals surface area contributed by atoms with E-state index in [-0.39, 0.29) is 22.3 Å². The van der Waals surface area contributed by atoms with Crippen LogP contribution in [0.3, 0.4) is 0 Å². The van der Waals surface area contributed by atoms with Gasteiger partial charge in [0.25, 0.3) is 11.5 Å². The first-order valence-electron chi connectivity index (χ1n) is 4.15. The molecule has 15 heavy (non-hydrogen) atoms. The molecule has 0 radical (unpaired) electrons. The first-order valence-corrected chi connectivity index (χ1v) is 4.15. The average Bonchev–Trinajstić information content (AvgIpc) is 2.66. The van der Waals surface area contributed by atoms with E-state index >= 15 is 0 Å². The standard InChI is InChI=1S/C7H8N6O2/c1-8-6(14)4-3-5(10-9-4)7(15)13(2)12-11-3/h1-2H3,(H,8,14)(H,9,10). The van der Waals surface area contributed by atoms with Crippen molar-refractivity contribution in [1.29, 1.82) is 0 Å². The number of H-pyrrole nitrogens is 1. The van der Waals surface area contributed by atoms with Crippen LogP contribution in [0.4, 0.5) is 0 Å². The Morgan fingerprint density at radius 1 is 1.53 bits per heavy atom. The van der Waals surface area contributed by atoms with Crippen molar-refractivity contribution in [3.05, 3.63) is 16.0 Å². The zero-order valence-corrected chi connectivity index (χ0v) is 8.11. The van der Waals surface area contributed by atoms with Crippen molar-refractivity contribution in [1.82, 2.24) is 30.5 Å². The van der Waals surface area contributed by atoms with Gasteiger partial charge in [-0.25, -0.2) is 4.68 Å². The van der Waals surface area contributed by atoms with Gasteiger partial charge < -0.3 is 5.32 Å². The fourth-order valence-electron chi connectivity index (χ4n) is 1.17. The van der Waals surface area contributed by atoms with E-state index in [4.69, 9.17) is 0 Å². The average molecular weight is 208 g/mol. The third kappa shape index (κ3) is 1.26. The highest BCUT2D eigenvalue weighted by atomic mass is 16.2. The highest BCUT2D eigenvalue weighted by Gasteiger charge is 2.16. The third-order valence-corrected chi connectivity index (χ3v) is 1.97. The van der Waals surface area contributed by atoms with Crippen molar-refractivity contribution in [2.75, 3.05) is 7.05 Å². The van der Waals surface area contributed by atoms with Crippen molar-refractivity contribution in [3.63, 3.8) is 0 Å². The lowest BCUT2D eigenvalue weighted by Gasteiger charge is -1.94. The van der Waals surface area contributed by atoms with Gasteiger partial charge in [-0.15, -0.1) is 5.10 Å². The Kier molecular flexibility index (Phi) is 1.96. The lowest BCUT2D eigenvalue weighted by atomic mass is 10.3. The maximum absolute atomic E-state index is 11.5. The van der Waals surface area contributed by atoms with E-state index in [1.165, 1.54) is 14.1 Å². The Bertz CT molecular complexity index is 583. The van der Waals surface area contributed by atoms with Crippen molar-refractivity contribution < 1.29 is 4.79 Å². The SMILES string of the molecule is CNC(=O)c1n[nH]c2c(=O)n(C)nnc12. The summed E-state index contributed by atoms with van der Waals surface area (Å²) >= 11 is 0. The molecule has 8 heteroatoms. The largest absolute Gasteiger partial charge is 0.354 e. The van der Waals surface area contributed by atoms with Crippen LogP contribution in [0.25, 0.3) is 11.0 Å². The van der Waals surface area contributed by atoms with Crippen molar-refractivity contribution in [2.24, 2.45) is 7.05 Å². The summed E-state index contributed by atoms with van der Waals surface area (Å²) in [7, 11) is 2.94. The molecule has 0 atom stereocenters. The Balaban J connectivity index is 2.78. The minimum Gasteiger partial charge on any atom is -0.354 e. The molecule has 2 rings (SSSR count). The Hall–Kier alpha value is -2.25. The van der Waals surface area contributed by atoms with E-state index in [0.29, 0.717) is 0 Å². The summed E-state index contributed by atoms with van der Waals surface area (Å²) in [6.45, 7) is 0. The molecule has 0 fully saturated rings. The quantitative estimate of drug-likeness (QED) is 0.587. The van der Waals surface area contributed by atoms with Crippen LogP contribution in [0.2, 0.25) is 0 Å². The van der Waals surface area contributed by atoms with Gasteiger partial charge in [-0.05, 0) is 0 Å². The topological polar surface area (TPSA) is 106 Å². The van der Waals surface area contributed by atoms with E-state index < -0.39 is 5.91 Å². The van der Waals surface area contributed by atoms with E-state index in [1.54, 1.807) is 0 Å². The number of nitrogens with one attached hydrogen (secondary N) is 2. The molecule has 0 aliphatic heterocycles. The molecular weight excluding hydrogens is 200 g/mol. The molecule has 8 nitrogen and oxygen atoms in total. The molecule has 78 valence electrons. The minimum absolute atomic E-state index is 0.0673. The van der Waals surface area contributed by atoms with Gasteiger partial charge in [0.15, 0.2) is 16.7 Å². The molecule has 0 spiro atoms. The number of aryl methyl sites for hydroxylation is 1. The Morgan fingerprint density at radius 3 is 2.93 bits per heavy atom. The molecule has 0 saturated carbocycles. The number of hydrogen-bond acceptors (Lipinski definition) is 5. The van der Waals surface area contributed by atoms with Gasteiger partial charge in [0.05, 0.1) is 0 Å². The van der Waals surface area contributed by atoms with Gasteiger partial charge in [-0.3, -0.25) is 14.7 Å². The second-order valence-electron chi connectivity index (χ2n) is 2.89. The van der Waals surface area contributed by atoms with Crippen LogP contribution in [0.15, 0.2) is 4.79 Å². The summed E-state index contributed by atoms with van der Waals surface area (Å²) in [4.78, 5) is 22.8. The molecule has 2 heterocycles. The summed E-state index contributed by atoms with van der Waals surface area (Å²) in [5.74, 6) is -0.413.